The molecule has 0 N–H and O–H groups in total. The quantitative estimate of drug-likeness (QED) is 0.768. The molecule has 0 aliphatic carbocycles. The topological polar surface area (TPSA) is 16.4 Å². The monoisotopic (exact) mass is 249 g/mol. The minimum absolute atomic E-state index is 0. The van der Waals surface area contributed by atoms with Crippen molar-refractivity contribution >= 4 is 28.9 Å². The number of hydrogen-bond acceptors (Lipinski definition) is 2. The summed E-state index contributed by atoms with van der Waals surface area (Å²) in [6, 6.07) is 8.23. The number of furan rings is 1. The fourth-order valence-corrected chi connectivity index (χ4v) is 2.24. The van der Waals surface area contributed by atoms with Crippen LogP contribution in [-0.2, 0) is 0 Å². The Kier molecular flexibility index (Phi) is 3.55. The largest absolute Gasteiger partial charge is 0.464 e. The second-order valence-corrected chi connectivity index (χ2v) is 4.39. The van der Waals surface area contributed by atoms with Gasteiger partial charge in [0.2, 0.25) is 0 Å². The maximum absolute atomic E-state index is 5.57. The van der Waals surface area contributed by atoms with E-state index in [1.807, 2.05) is 18.4 Å². The molecular formula is C14H16ClNO. The molecule has 2 aromatic rings. The average molecular weight is 250 g/mol. The van der Waals surface area contributed by atoms with Crippen LogP contribution in [0.4, 0.5) is 0 Å². The lowest BCUT2D eigenvalue weighted by atomic mass is 9.99. The van der Waals surface area contributed by atoms with Gasteiger partial charge in [0.15, 0.2) is 0 Å². The van der Waals surface area contributed by atoms with Crippen LogP contribution in [-0.4, -0.2) is 25.0 Å². The molecule has 3 rings (SSSR count). The van der Waals surface area contributed by atoms with Crippen molar-refractivity contribution in [1.29, 1.82) is 0 Å². The predicted octanol–water partition coefficient (Wildman–Crippen LogP) is 3.57. The Morgan fingerprint density at radius 2 is 2.06 bits per heavy atom. The molecule has 0 amide bonds. The lowest BCUT2D eigenvalue weighted by Gasteiger charge is -2.21. The molecule has 1 aromatic heterocycles. The molecule has 2 heterocycles. The van der Waals surface area contributed by atoms with E-state index in [1.54, 1.807) is 0 Å². The first-order chi connectivity index (χ1) is 7.84. The van der Waals surface area contributed by atoms with Crippen molar-refractivity contribution in [2.24, 2.45) is 0 Å². The number of likely N-dealkylation sites (N-methyl/N-ethyl adjacent to an activating group) is 1. The Bertz CT molecular complexity index is 544. The molecule has 0 atom stereocenters. The third-order valence-electron chi connectivity index (χ3n) is 3.24. The first kappa shape index (κ1) is 12.2. The van der Waals surface area contributed by atoms with Crippen molar-refractivity contribution in [3.63, 3.8) is 0 Å². The molecule has 2 nitrogen and oxygen atoms in total. The number of fused-ring (bicyclic) bond motifs is 1. The fraction of sp³-hybridized carbons (Fsp3) is 0.286. The second kappa shape index (κ2) is 4.94. The van der Waals surface area contributed by atoms with Gasteiger partial charge in [0.25, 0.3) is 0 Å². The van der Waals surface area contributed by atoms with Gasteiger partial charge in [0, 0.05) is 24.0 Å². The van der Waals surface area contributed by atoms with Gasteiger partial charge >= 0.3 is 0 Å². The summed E-state index contributed by atoms with van der Waals surface area (Å²) in [7, 11) is 2.15. The number of nitrogens with zero attached hydrogens (tertiary/aromatic N) is 1. The summed E-state index contributed by atoms with van der Waals surface area (Å²) < 4.78 is 5.57. The van der Waals surface area contributed by atoms with Gasteiger partial charge in [0.1, 0.15) is 5.58 Å². The van der Waals surface area contributed by atoms with Crippen molar-refractivity contribution in [3.8, 4) is 0 Å². The minimum atomic E-state index is 0. The van der Waals surface area contributed by atoms with E-state index >= 15 is 0 Å². The molecule has 1 aliphatic heterocycles. The van der Waals surface area contributed by atoms with E-state index in [0.717, 1.165) is 25.1 Å². The summed E-state index contributed by atoms with van der Waals surface area (Å²) in [5, 5.41) is 1.23. The van der Waals surface area contributed by atoms with Gasteiger partial charge in [-0.2, -0.15) is 0 Å². The highest BCUT2D eigenvalue weighted by molar-refractivity contribution is 5.91. The van der Waals surface area contributed by atoms with E-state index in [2.05, 4.69) is 30.2 Å². The molecule has 0 radical (unpaired) electrons. The van der Waals surface area contributed by atoms with Gasteiger partial charge < -0.3 is 9.32 Å². The van der Waals surface area contributed by atoms with E-state index in [-0.39, 0.29) is 12.4 Å². The van der Waals surface area contributed by atoms with Crippen molar-refractivity contribution in [2.45, 2.75) is 6.42 Å². The van der Waals surface area contributed by atoms with Crippen molar-refractivity contribution in [2.75, 3.05) is 20.1 Å². The summed E-state index contributed by atoms with van der Waals surface area (Å²) >= 11 is 0. The van der Waals surface area contributed by atoms with Gasteiger partial charge in [-0.15, -0.1) is 12.4 Å². The van der Waals surface area contributed by atoms with Crippen LogP contribution in [0.5, 0.6) is 0 Å². The third kappa shape index (κ3) is 2.24. The molecule has 0 bridgehead atoms. The van der Waals surface area contributed by atoms with Crippen LogP contribution in [0.25, 0.3) is 16.5 Å². The highest BCUT2D eigenvalue weighted by Gasteiger charge is 2.13. The molecule has 0 fully saturated rings. The van der Waals surface area contributed by atoms with Crippen LogP contribution < -0.4 is 0 Å². The summed E-state index contributed by atoms with van der Waals surface area (Å²) in [6.07, 6.45) is 5.31. The lowest BCUT2D eigenvalue weighted by molar-refractivity contribution is 0.370. The first-order valence-electron chi connectivity index (χ1n) is 5.69. The number of para-hydroxylation sites is 1. The van der Waals surface area contributed by atoms with Gasteiger partial charge in [0.05, 0.1) is 6.26 Å². The fourth-order valence-electron chi connectivity index (χ4n) is 2.24. The smallest absolute Gasteiger partial charge is 0.134 e. The summed E-state index contributed by atoms with van der Waals surface area (Å²) in [6.45, 7) is 2.17. The second-order valence-electron chi connectivity index (χ2n) is 4.39. The lowest BCUT2D eigenvalue weighted by Crippen LogP contribution is -2.23. The molecule has 1 aliphatic rings. The van der Waals surface area contributed by atoms with Crippen LogP contribution in [0.3, 0.4) is 0 Å². The van der Waals surface area contributed by atoms with E-state index in [1.165, 1.54) is 16.5 Å². The zero-order chi connectivity index (χ0) is 11.0. The molecule has 1 aromatic carbocycles. The Morgan fingerprint density at radius 3 is 2.82 bits per heavy atom. The summed E-state index contributed by atoms with van der Waals surface area (Å²) in [5.74, 6) is 0. The molecular weight excluding hydrogens is 234 g/mol. The van der Waals surface area contributed by atoms with E-state index in [0.29, 0.717) is 0 Å². The standard InChI is InChI=1S/C14H15NO.ClH/c1-15-8-6-11(7-9-15)13-10-16-14-5-3-2-4-12(13)14;/h2-6,10H,7-9H2,1H3;1H. The molecule has 0 saturated heterocycles. The van der Waals surface area contributed by atoms with Crippen LogP contribution in [0, 0.1) is 0 Å². The maximum Gasteiger partial charge on any atom is 0.134 e. The Balaban J connectivity index is 0.00000108. The Labute approximate surface area is 107 Å². The van der Waals surface area contributed by atoms with Crippen LogP contribution in [0.15, 0.2) is 41.0 Å². The van der Waals surface area contributed by atoms with Crippen LogP contribution in [0.1, 0.15) is 12.0 Å². The Morgan fingerprint density at radius 1 is 1.24 bits per heavy atom. The first-order valence-corrected chi connectivity index (χ1v) is 5.69. The van der Waals surface area contributed by atoms with E-state index in [4.69, 9.17) is 4.42 Å². The normalized spacial score (nSPS) is 16.6. The van der Waals surface area contributed by atoms with Crippen molar-refractivity contribution < 1.29 is 4.42 Å². The van der Waals surface area contributed by atoms with Crippen molar-refractivity contribution in [1.82, 2.24) is 4.90 Å². The SMILES string of the molecule is CN1CC=C(c2coc3ccccc23)CC1.Cl. The van der Waals surface area contributed by atoms with Gasteiger partial charge in [-0.25, -0.2) is 0 Å². The zero-order valence-electron chi connectivity index (χ0n) is 9.85. The maximum atomic E-state index is 5.57. The molecule has 17 heavy (non-hydrogen) atoms. The average Bonchev–Trinajstić information content (AvgIpc) is 2.74. The van der Waals surface area contributed by atoms with Gasteiger partial charge in [-0.05, 0) is 25.1 Å². The number of hydrogen-bond donors (Lipinski definition) is 0. The van der Waals surface area contributed by atoms with E-state index < -0.39 is 0 Å². The van der Waals surface area contributed by atoms with Gasteiger partial charge in [-0.1, -0.05) is 24.3 Å². The van der Waals surface area contributed by atoms with Gasteiger partial charge in [-0.3, -0.25) is 0 Å². The highest BCUT2D eigenvalue weighted by Crippen LogP contribution is 2.30. The highest BCUT2D eigenvalue weighted by atomic mass is 35.5. The minimum Gasteiger partial charge on any atom is -0.464 e. The molecule has 0 spiro atoms. The third-order valence-corrected chi connectivity index (χ3v) is 3.24. The Hall–Kier alpha value is -1.25. The molecule has 90 valence electrons. The van der Waals surface area contributed by atoms with Crippen LogP contribution in [0.2, 0.25) is 0 Å². The molecule has 0 unspecified atom stereocenters. The van der Waals surface area contributed by atoms with E-state index in [9.17, 15) is 0 Å². The summed E-state index contributed by atoms with van der Waals surface area (Å²) in [4.78, 5) is 2.33. The molecule has 0 saturated carbocycles. The number of rotatable bonds is 1. The molecule has 3 heteroatoms. The van der Waals surface area contributed by atoms with Crippen LogP contribution >= 0.6 is 12.4 Å². The summed E-state index contributed by atoms with van der Waals surface area (Å²) in [5.41, 5.74) is 3.67. The zero-order valence-corrected chi connectivity index (χ0v) is 10.7. The predicted molar refractivity (Wildman–Crippen MR) is 73.6 cm³/mol. The number of halogens is 1. The van der Waals surface area contributed by atoms with Crippen molar-refractivity contribution in [3.05, 3.63) is 42.2 Å². The number of benzene rings is 1.